The summed E-state index contributed by atoms with van der Waals surface area (Å²) in [4.78, 5) is 26.1. The highest BCUT2D eigenvalue weighted by Crippen LogP contribution is 2.28. The molecule has 4 rings (SSSR count). The molecule has 0 spiro atoms. The van der Waals surface area contributed by atoms with Crippen LogP contribution in [0.4, 0.5) is 0 Å². The van der Waals surface area contributed by atoms with Crippen LogP contribution in [0.1, 0.15) is 34.0 Å². The molecule has 0 radical (unpaired) electrons. The Labute approximate surface area is 199 Å². The summed E-state index contributed by atoms with van der Waals surface area (Å²) in [6.07, 6.45) is 0.329. The Bertz CT molecular complexity index is 1280. The summed E-state index contributed by atoms with van der Waals surface area (Å²) in [6, 6.07) is 30.7. The molecule has 5 heteroatoms. The molecule has 1 N–H and O–H groups in total. The average Bonchev–Trinajstić information content (AvgIpc) is 2.86. The quantitative estimate of drug-likeness (QED) is 0.317. The van der Waals surface area contributed by atoms with E-state index in [0.717, 1.165) is 16.3 Å². The predicted molar refractivity (Wildman–Crippen MR) is 133 cm³/mol. The summed E-state index contributed by atoms with van der Waals surface area (Å²) < 4.78 is 6.34. The number of rotatable bonds is 10. The van der Waals surface area contributed by atoms with E-state index in [-0.39, 0.29) is 18.4 Å². The van der Waals surface area contributed by atoms with Gasteiger partial charge >= 0.3 is 5.97 Å². The highest BCUT2D eigenvalue weighted by atomic mass is 16.5. The minimum Gasteiger partial charge on any atom is -0.486 e. The number of hydrogen-bond donors (Lipinski definition) is 1. The largest absolute Gasteiger partial charge is 0.486 e. The topological polar surface area (TPSA) is 66.8 Å². The van der Waals surface area contributed by atoms with E-state index in [1.165, 1.54) is 0 Å². The number of ether oxygens (including phenoxy) is 1. The molecule has 0 fully saturated rings. The molecular weight excluding hydrogens is 426 g/mol. The van der Waals surface area contributed by atoms with Gasteiger partial charge in [-0.2, -0.15) is 0 Å². The number of carboxylic acids is 1. The van der Waals surface area contributed by atoms with Crippen LogP contribution in [0.2, 0.25) is 0 Å². The van der Waals surface area contributed by atoms with Crippen LogP contribution in [-0.4, -0.2) is 41.9 Å². The van der Waals surface area contributed by atoms with E-state index in [9.17, 15) is 9.59 Å². The van der Waals surface area contributed by atoms with Crippen molar-refractivity contribution in [3.63, 3.8) is 0 Å². The third-order valence-corrected chi connectivity index (χ3v) is 5.76. The van der Waals surface area contributed by atoms with Crippen molar-refractivity contribution in [3.05, 3.63) is 114 Å². The number of carbonyl (C=O) groups is 2. The SMILES string of the molecule is CN(CCC(Oc1cccc(C(=O)c2cccc3ccccc23)c1)c1ccccc1)CC(=O)O. The van der Waals surface area contributed by atoms with Gasteiger partial charge in [0.2, 0.25) is 0 Å². The van der Waals surface area contributed by atoms with Gasteiger partial charge in [0.25, 0.3) is 0 Å². The van der Waals surface area contributed by atoms with Crippen molar-refractivity contribution in [1.82, 2.24) is 4.90 Å². The van der Waals surface area contributed by atoms with Crippen molar-refractivity contribution in [1.29, 1.82) is 0 Å². The van der Waals surface area contributed by atoms with Gasteiger partial charge < -0.3 is 9.84 Å². The fraction of sp³-hybridized carbons (Fsp3) is 0.172. The Balaban J connectivity index is 1.57. The fourth-order valence-corrected chi connectivity index (χ4v) is 4.06. The number of benzene rings is 4. The molecule has 0 bridgehead atoms. The van der Waals surface area contributed by atoms with Gasteiger partial charge in [-0.25, -0.2) is 0 Å². The van der Waals surface area contributed by atoms with Crippen LogP contribution >= 0.6 is 0 Å². The first kappa shape index (κ1) is 23.2. The first-order valence-corrected chi connectivity index (χ1v) is 11.3. The molecule has 0 heterocycles. The molecule has 0 aliphatic rings. The van der Waals surface area contributed by atoms with E-state index in [0.29, 0.717) is 29.8 Å². The third kappa shape index (κ3) is 5.69. The molecule has 0 amide bonds. The van der Waals surface area contributed by atoms with Crippen LogP contribution in [0, 0.1) is 0 Å². The molecule has 1 unspecified atom stereocenters. The average molecular weight is 454 g/mol. The number of hydrogen-bond acceptors (Lipinski definition) is 4. The molecule has 34 heavy (non-hydrogen) atoms. The van der Waals surface area contributed by atoms with E-state index in [1.54, 1.807) is 24.1 Å². The summed E-state index contributed by atoms with van der Waals surface area (Å²) in [5.74, 6) is -0.320. The Morgan fingerprint density at radius 1 is 0.882 bits per heavy atom. The van der Waals surface area contributed by atoms with Crippen molar-refractivity contribution in [2.24, 2.45) is 0 Å². The van der Waals surface area contributed by atoms with Crippen molar-refractivity contribution >= 4 is 22.5 Å². The zero-order valence-electron chi connectivity index (χ0n) is 19.1. The van der Waals surface area contributed by atoms with Gasteiger partial charge in [-0.05, 0) is 35.5 Å². The van der Waals surface area contributed by atoms with Gasteiger partial charge in [0.05, 0.1) is 6.54 Å². The van der Waals surface area contributed by atoms with Crippen molar-refractivity contribution in [3.8, 4) is 5.75 Å². The lowest BCUT2D eigenvalue weighted by atomic mass is 9.97. The summed E-state index contributed by atoms with van der Waals surface area (Å²) in [5, 5.41) is 11.0. The Morgan fingerprint density at radius 2 is 1.59 bits per heavy atom. The number of likely N-dealkylation sites (N-methyl/N-ethyl adjacent to an activating group) is 1. The molecule has 5 nitrogen and oxygen atoms in total. The molecule has 4 aromatic carbocycles. The van der Waals surface area contributed by atoms with Crippen LogP contribution in [0.15, 0.2) is 97.1 Å². The monoisotopic (exact) mass is 453 g/mol. The van der Waals surface area contributed by atoms with E-state index in [1.807, 2.05) is 84.9 Å². The maximum Gasteiger partial charge on any atom is 0.317 e. The lowest BCUT2D eigenvalue weighted by Crippen LogP contribution is -2.28. The van der Waals surface area contributed by atoms with Crippen LogP contribution in [-0.2, 0) is 4.79 Å². The molecule has 0 aromatic heterocycles. The second kappa shape index (κ2) is 10.8. The Kier molecular flexibility index (Phi) is 7.35. The zero-order valence-corrected chi connectivity index (χ0v) is 19.1. The minimum atomic E-state index is -0.862. The van der Waals surface area contributed by atoms with Crippen LogP contribution in [0.5, 0.6) is 5.75 Å². The molecule has 0 saturated heterocycles. The first-order valence-electron chi connectivity index (χ1n) is 11.3. The Morgan fingerprint density at radius 3 is 2.38 bits per heavy atom. The molecule has 0 aliphatic heterocycles. The van der Waals surface area contributed by atoms with Gasteiger partial charge in [0, 0.05) is 24.1 Å². The summed E-state index contributed by atoms with van der Waals surface area (Å²) >= 11 is 0. The van der Waals surface area contributed by atoms with Gasteiger partial charge in [0.1, 0.15) is 11.9 Å². The van der Waals surface area contributed by atoms with E-state index in [2.05, 4.69) is 0 Å². The lowest BCUT2D eigenvalue weighted by Gasteiger charge is -2.23. The maximum atomic E-state index is 13.4. The molecule has 1 atom stereocenters. The number of carboxylic acid groups (broad SMARTS) is 1. The smallest absolute Gasteiger partial charge is 0.317 e. The van der Waals surface area contributed by atoms with Gasteiger partial charge in [-0.15, -0.1) is 0 Å². The number of aliphatic carboxylic acids is 1. The number of nitrogens with zero attached hydrogens (tertiary/aromatic N) is 1. The highest BCUT2D eigenvalue weighted by molar-refractivity contribution is 6.16. The Hall–Kier alpha value is -3.96. The summed E-state index contributed by atoms with van der Waals surface area (Å²) in [7, 11) is 1.78. The maximum absolute atomic E-state index is 13.4. The minimum absolute atomic E-state index is 0.0312. The van der Waals surface area contributed by atoms with Gasteiger partial charge in [0.15, 0.2) is 5.78 Å². The third-order valence-electron chi connectivity index (χ3n) is 5.76. The molecule has 172 valence electrons. The van der Waals surface area contributed by atoms with Crippen LogP contribution < -0.4 is 4.74 Å². The van der Waals surface area contributed by atoms with E-state index >= 15 is 0 Å². The zero-order chi connectivity index (χ0) is 23.9. The summed E-state index contributed by atoms with van der Waals surface area (Å²) in [5.41, 5.74) is 2.21. The number of fused-ring (bicyclic) bond motifs is 1. The number of ketones is 1. The molecule has 0 saturated carbocycles. The predicted octanol–water partition coefficient (Wildman–Crippen LogP) is 5.60. The lowest BCUT2D eigenvalue weighted by molar-refractivity contribution is -0.138. The van der Waals surface area contributed by atoms with Crippen LogP contribution in [0.3, 0.4) is 0 Å². The van der Waals surface area contributed by atoms with Gasteiger partial charge in [-0.3, -0.25) is 14.5 Å². The second-order valence-corrected chi connectivity index (χ2v) is 8.32. The standard InChI is InChI=1S/C29H27NO4/c1-30(20-28(31)32)18-17-27(22-10-3-2-4-11-22)34-24-14-7-13-23(19-24)29(33)26-16-8-12-21-9-5-6-15-25(21)26/h2-16,19,27H,17-18,20H2,1H3,(H,31,32). The van der Waals surface area contributed by atoms with E-state index in [4.69, 9.17) is 9.84 Å². The van der Waals surface area contributed by atoms with Crippen molar-refractivity contribution in [2.75, 3.05) is 20.1 Å². The number of carbonyl (C=O) groups excluding carboxylic acids is 1. The molecule has 0 aliphatic carbocycles. The summed E-state index contributed by atoms with van der Waals surface area (Å²) in [6.45, 7) is 0.525. The molecular formula is C29H27NO4. The highest BCUT2D eigenvalue weighted by Gasteiger charge is 2.17. The van der Waals surface area contributed by atoms with Crippen LogP contribution in [0.25, 0.3) is 10.8 Å². The fourth-order valence-electron chi connectivity index (χ4n) is 4.06. The molecule has 4 aromatic rings. The van der Waals surface area contributed by atoms with Crippen molar-refractivity contribution < 1.29 is 19.4 Å². The second-order valence-electron chi connectivity index (χ2n) is 8.32. The normalized spacial score (nSPS) is 11.9. The van der Waals surface area contributed by atoms with Crippen molar-refractivity contribution in [2.45, 2.75) is 12.5 Å². The first-order chi connectivity index (χ1) is 16.5. The van der Waals surface area contributed by atoms with E-state index < -0.39 is 5.97 Å². The van der Waals surface area contributed by atoms with Gasteiger partial charge in [-0.1, -0.05) is 84.9 Å².